The maximum atomic E-state index is 10.4. The van der Waals surface area contributed by atoms with E-state index in [0.29, 0.717) is 6.61 Å². The quantitative estimate of drug-likeness (QED) is 0.565. The second-order valence-electron chi connectivity index (χ2n) is 2.95. The third-order valence-corrected chi connectivity index (χ3v) is 2.07. The van der Waals surface area contributed by atoms with E-state index in [1.54, 1.807) is 7.11 Å². The molecule has 1 heterocycles. The molecule has 0 N–H and O–H groups in total. The summed E-state index contributed by atoms with van der Waals surface area (Å²) in [6.45, 7) is 2.52. The molecule has 0 aromatic carbocycles. The SMILES string of the molecule is COC[C@@H]1C[C@H](C=O)[C@H](C)O1. The van der Waals surface area contributed by atoms with Gasteiger partial charge in [0.1, 0.15) is 6.29 Å². The molecule has 0 saturated carbocycles. The summed E-state index contributed by atoms with van der Waals surface area (Å²) in [4.78, 5) is 10.4. The molecule has 0 amide bonds. The van der Waals surface area contributed by atoms with E-state index in [4.69, 9.17) is 9.47 Å². The fraction of sp³-hybridized carbons (Fsp3) is 0.875. The monoisotopic (exact) mass is 158 g/mol. The van der Waals surface area contributed by atoms with Crippen LogP contribution in [0.2, 0.25) is 0 Å². The number of methoxy groups -OCH3 is 1. The van der Waals surface area contributed by atoms with Crippen LogP contribution in [-0.2, 0) is 14.3 Å². The second-order valence-corrected chi connectivity index (χ2v) is 2.95. The van der Waals surface area contributed by atoms with Crippen LogP contribution in [0.4, 0.5) is 0 Å². The Balaban J connectivity index is 2.36. The van der Waals surface area contributed by atoms with Gasteiger partial charge in [-0.3, -0.25) is 0 Å². The molecule has 0 aromatic heterocycles. The Hall–Kier alpha value is -0.410. The fourth-order valence-corrected chi connectivity index (χ4v) is 1.41. The summed E-state index contributed by atoms with van der Waals surface area (Å²) in [6.07, 6.45) is 1.96. The molecule has 0 radical (unpaired) electrons. The minimum atomic E-state index is 0.0626. The lowest BCUT2D eigenvalue weighted by molar-refractivity contribution is -0.112. The maximum Gasteiger partial charge on any atom is 0.125 e. The molecule has 3 atom stereocenters. The van der Waals surface area contributed by atoms with Crippen LogP contribution in [0.1, 0.15) is 13.3 Å². The summed E-state index contributed by atoms with van der Waals surface area (Å²) in [7, 11) is 1.64. The molecule has 0 aromatic rings. The lowest BCUT2D eigenvalue weighted by Gasteiger charge is -2.08. The minimum absolute atomic E-state index is 0.0626. The lowest BCUT2D eigenvalue weighted by atomic mass is 10.0. The van der Waals surface area contributed by atoms with Gasteiger partial charge in [0.15, 0.2) is 0 Å². The van der Waals surface area contributed by atoms with Crippen molar-refractivity contribution in [3.63, 3.8) is 0 Å². The fourth-order valence-electron chi connectivity index (χ4n) is 1.41. The van der Waals surface area contributed by atoms with Crippen LogP contribution in [-0.4, -0.2) is 32.2 Å². The van der Waals surface area contributed by atoms with Gasteiger partial charge in [0.05, 0.1) is 18.8 Å². The van der Waals surface area contributed by atoms with Gasteiger partial charge in [0.25, 0.3) is 0 Å². The number of aldehydes is 1. The van der Waals surface area contributed by atoms with E-state index in [1.165, 1.54) is 0 Å². The Labute approximate surface area is 66.7 Å². The van der Waals surface area contributed by atoms with Crippen molar-refractivity contribution in [2.45, 2.75) is 25.6 Å². The summed E-state index contributed by atoms with van der Waals surface area (Å²) in [6, 6.07) is 0. The summed E-state index contributed by atoms with van der Waals surface area (Å²) >= 11 is 0. The van der Waals surface area contributed by atoms with E-state index in [1.807, 2.05) is 6.92 Å². The van der Waals surface area contributed by atoms with Crippen LogP contribution in [0.3, 0.4) is 0 Å². The molecule has 1 aliphatic heterocycles. The Kier molecular flexibility index (Phi) is 3.02. The molecule has 0 unspecified atom stereocenters. The molecule has 0 spiro atoms. The van der Waals surface area contributed by atoms with Gasteiger partial charge in [-0.05, 0) is 13.3 Å². The average Bonchev–Trinajstić information content (AvgIpc) is 2.32. The third kappa shape index (κ3) is 2.01. The number of hydrogen-bond acceptors (Lipinski definition) is 3. The zero-order chi connectivity index (χ0) is 8.27. The highest BCUT2D eigenvalue weighted by Gasteiger charge is 2.31. The molecule has 0 bridgehead atoms. The van der Waals surface area contributed by atoms with E-state index in [9.17, 15) is 4.79 Å². The number of carbonyl (C=O) groups is 1. The largest absolute Gasteiger partial charge is 0.382 e. The molecule has 64 valence electrons. The molecule has 11 heavy (non-hydrogen) atoms. The average molecular weight is 158 g/mol. The molecule has 1 aliphatic rings. The molecular formula is C8H14O3. The van der Waals surface area contributed by atoms with Crippen molar-refractivity contribution >= 4 is 6.29 Å². The standard InChI is InChI=1S/C8H14O3/c1-6-7(4-9)3-8(11-6)5-10-2/h4,6-8H,3,5H2,1-2H3/t6-,7+,8-/m0/s1. The Morgan fingerprint density at radius 1 is 1.73 bits per heavy atom. The summed E-state index contributed by atoms with van der Waals surface area (Å²) < 4.78 is 10.4. The smallest absolute Gasteiger partial charge is 0.125 e. The third-order valence-electron chi connectivity index (χ3n) is 2.07. The Bertz CT molecular complexity index is 135. The molecule has 0 aliphatic carbocycles. The predicted molar refractivity (Wildman–Crippen MR) is 40.4 cm³/mol. The van der Waals surface area contributed by atoms with E-state index < -0.39 is 0 Å². The van der Waals surface area contributed by atoms with Crippen molar-refractivity contribution in [2.24, 2.45) is 5.92 Å². The zero-order valence-corrected chi connectivity index (χ0v) is 6.95. The van der Waals surface area contributed by atoms with Crippen molar-refractivity contribution < 1.29 is 14.3 Å². The van der Waals surface area contributed by atoms with Gasteiger partial charge >= 0.3 is 0 Å². The van der Waals surface area contributed by atoms with Gasteiger partial charge in [-0.2, -0.15) is 0 Å². The number of ether oxygens (including phenoxy) is 2. The van der Waals surface area contributed by atoms with E-state index in [0.717, 1.165) is 12.7 Å². The van der Waals surface area contributed by atoms with Crippen LogP contribution in [0.15, 0.2) is 0 Å². The van der Waals surface area contributed by atoms with Crippen molar-refractivity contribution in [3.8, 4) is 0 Å². The highest BCUT2D eigenvalue weighted by atomic mass is 16.5. The van der Waals surface area contributed by atoms with Gasteiger partial charge in [-0.1, -0.05) is 0 Å². The summed E-state index contributed by atoms with van der Waals surface area (Å²) in [5.74, 6) is 0.0650. The summed E-state index contributed by atoms with van der Waals surface area (Å²) in [5, 5.41) is 0. The highest BCUT2D eigenvalue weighted by molar-refractivity contribution is 5.55. The molecule has 1 saturated heterocycles. The van der Waals surface area contributed by atoms with Crippen LogP contribution in [0, 0.1) is 5.92 Å². The molecule has 3 heteroatoms. The predicted octanol–water partition coefficient (Wildman–Crippen LogP) is 0.625. The first kappa shape index (κ1) is 8.68. The topological polar surface area (TPSA) is 35.5 Å². The van der Waals surface area contributed by atoms with E-state index >= 15 is 0 Å². The first-order valence-corrected chi connectivity index (χ1v) is 3.87. The zero-order valence-electron chi connectivity index (χ0n) is 6.95. The number of carbonyl (C=O) groups excluding carboxylic acids is 1. The molecule has 1 rings (SSSR count). The van der Waals surface area contributed by atoms with Crippen molar-refractivity contribution in [1.82, 2.24) is 0 Å². The number of rotatable bonds is 3. The van der Waals surface area contributed by atoms with E-state index in [-0.39, 0.29) is 18.1 Å². The highest BCUT2D eigenvalue weighted by Crippen LogP contribution is 2.24. The first-order chi connectivity index (χ1) is 5.27. The second kappa shape index (κ2) is 3.83. The summed E-state index contributed by atoms with van der Waals surface area (Å²) in [5.41, 5.74) is 0. The molecular weight excluding hydrogens is 144 g/mol. The van der Waals surface area contributed by atoms with Gasteiger partial charge in [0.2, 0.25) is 0 Å². The van der Waals surface area contributed by atoms with Gasteiger partial charge in [-0.25, -0.2) is 0 Å². The van der Waals surface area contributed by atoms with Crippen LogP contribution in [0.5, 0.6) is 0 Å². The Morgan fingerprint density at radius 3 is 2.91 bits per heavy atom. The molecule has 3 nitrogen and oxygen atoms in total. The Morgan fingerprint density at radius 2 is 2.45 bits per heavy atom. The molecule has 1 fully saturated rings. The van der Waals surface area contributed by atoms with Crippen LogP contribution in [0.25, 0.3) is 0 Å². The normalized spacial score (nSPS) is 37.5. The van der Waals surface area contributed by atoms with Gasteiger partial charge < -0.3 is 14.3 Å². The van der Waals surface area contributed by atoms with Crippen molar-refractivity contribution in [1.29, 1.82) is 0 Å². The minimum Gasteiger partial charge on any atom is -0.382 e. The van der Waals surface area contributed by atoms with Gasteiger partial charge in [-0.15, -0.1) is 0 Å². The van der Waals surface area contributed by atoms with E-state index in [2.05, 4.69) is 0 Å². The maximum absolute atomic E-state index is 10.4. The lowest BCUT2D eigenvalue weighted by Crippen LogP contribution is -2.14. The van der Waals surface area contributed by atoms with Crippen molar-refractivity contribution in [3.05, 3.63) is 0 Å². The number of hydrogen-bond donors (Lipinski definition) is 0. The van der Waals surface area contributed by atoms with Gasteiger partial charge in [0, 0.05) is 13.0 Å². The van der Waals surface area contributed by atoms with Crippen molar-refractivity contribution in [2.75, 3.05) is 13.7 Å². The van der Waals surface area contributed by atoms with Crippen LogP contribution >= 0.6 is 0 Å². The van der Waals surface area contributed by atoms with Crippen LogP contribution < -0.4 is 0 Å². The first-order valence-electron chi connectivity index (χ1n) is 3.87.